The van der Waals surface area contributed by atoms with Crippen LogP contribution in [0.15, 0.2) is 58.1 Å². The number of halogens is 1. The van der Waals surface area contributed by atoms with Crippen molar-refractivity contribution in [2.75, 3.05) is 7.05 Å². The van der Waals surface area contributed by atoms with Crippen molar-refractivity contribution in [3.63, 3.8) is 0 Å². The van der Waals surface area contributed by atoms with Gasteiger partial charge < -0.3 is 10.1 Å². The third-order valence-electron chi connectivity index (χ3n) is 2.81. The summed E-state index contributed by atoms with van der Waals surface area (Å²) in [6.45, 7) is 0.540. The molecule has 4 nitrogen and oxygen atoms in total. The molecule has 22 heavy (non-hydrogen) atoms. The zero-order valence-corrected chi connectivity index (χ0v) is 14.4. The van der Waals surface area contributed by atoms with E-state index in [0.29, 0.717) is 11.7 Å². The smallest absolute Gasteiger partial charge is 0.186 e. The normalized spacial score (nSPS) is 10.5. The maximum absolute atomic E-state index is 5.74. The van der Waals surface area contributed by atoms with Gasteiger partial charge in [-0.05, 0) is 59.7 Å². The van der Waals surface area contributed by atoms with Gasteiger partial charge in [-0.1, -0.05) is 28.1 Å². The van der Waals surface area contributed by atoms with E-state index in [1.165, 1.54) is 0 Å². The Bertz CT molecular complexity index is 641. The average molecular weight is 378 g/mol. The van der Waals surface area contributed by atoms with Crippen LogP contribution < -0.4 is 15.5 Å². The molecule has 2 aromatic rings. The largest absolute Gasteiger partial charge is 0.489 e. The Labute approximate surface area is 143 Å². The van der Waals surface area contributed by atoms with Gasteiger partial charge in [-0.25, -0.2) is 0 Å². The first-order valence-electron chi connectivity index (χ1n) is 6.65. The molecule has 2 N–H and O–H groups in total. The molecule has 0 aliphatic carbocycles. The minimum Gasteiger partial charge on any atom is -0.489 e. The van der Waals surface area contributed by atoms with Crippen molar-refractivity contribution in [3.05, 3.63) is 64.1 Å². The second-order valence-electron chi connectivity index (χ2n) is 4.43. The maximum atomic E-state index is 5.74. The standard InChI is InChI=1S/C16H16BrN3OS/c1-18-16(22)20-19-10-12-4-8-15(9-5-12)21-11-13-2-6-14(17)7-3-13/h2-10H,11H2,1H3,(H2,18,20,22). The second-order valence-corrected chi connectivity index (χ2v) is 5.76. The van der Waals surface area contributed by atoms with E-state index in [0.717, 1.165) is 21.3 Å². The molecule has 2 aromatic carbocycles. The molecule has 2 rings (SSSR count). The molecule has 0 heterocycles. The first-order valence-corrected chi connectivity index (χ1v) is 7.85. The van der Waals surface area contributed by atoms with Gasteiger partial charge in [0.2, 0.25) is 0 Å². The topological polar surface area (TPSA) is 45.7 Å². The number of nitrogens with zero attached hydrogens (tertiary/aromatic N) is 1. The second kappa shape index (κ2) is 8.51. The minimum absolute atomic E-state index is 0.478. The van der Waals surface area contributed by atoms with Crippen molar-refractivity contribution < 1.29 is 4.74 Å². The van der Waals surface area contributed by atoms with Gasteiger partial charge in [0, 0.05) is 11.5 Å². The summed E-state index contributed by atoms with van der Waals surface area (Å²) in [5, 5.41) is 7.28. The fourth-order valence-corrected chi connectivity index (χ4v) is 1.94. The highest BCUT2D eigenvalue weighted by atomic mass is 79.9. The van der Waals surface area contributed by atoms with Gasteiger partial charge in [0.05, 0.1) is 6.21 Å². The fraction of sp³-hybridized carbons (Fsp3) is 0.125. The monoisotopic (exact) mass is 377 g/mol. The number of thiocarbonyl (C=S) groups is 1. The SMILES string of the molecule is CNC(=S)NN=Cc1ccc(OCc2ccc(Br)cc2)cc1. The molecular weight excluding hydrogens is 362 g/mol. The van der Waals surface area contributed by atoms with Crippen molar-refractivity contribution in [2.24, 2.45) is 5.10 Å². The molecule has 0 fully saturated rings. The van der Waals surface area contributed by atoms with E-state index in [-0.39, 0.29) is 0 Å². The van der Waals surface area contributed by atoms with Crippen LogP contribution in [-0.2, 0) is 6.61 Å². The quantitative estimate of drug-likeness (QED) is 0.475. The van der Waals surface area contributed by atoms with Crippen LogP contribution >= 0.6 is 28.1 Å². The van der Waals surface area contributed by atoms with Crippen LogP contribution in [0.1, 0.15) is 11.1 Å². The van der Waals surface area contributed by atoms with Gasteiger partial charge in [-0.15, -0.1) is 0 Å². The molecule has 0 unspecified atom stereocenters. The van der Waals surface area contributed by atoms with Crippen LogP contribution in [0.2, 0.25) is 0 Å². The molecule has 0 aliphatic heterocycles. The number of nitrogens with one attached hydrogen (secondary N) is 2. The summed E-state index contributed by atoms with van der Waals surface area (Å²) in [4.78, 5) is 0. The van der Waals surface area contributed by atoms with E-state index in [9.17, 15) is 0 Å². The predicted octanol–water partition coefficient (Wildman–Crippen LogP) is 3.46. The molecule has 0 bridgehead atoms. The van der Waals surface area contributed by atoms with Crippen molar-refractivity contribution in [1.82, 2.24) is 10.7 Å². The Kier molecular flexibility index (Phi) is 6.36. The van der Waals surface area contributed by atoms with Crippen LogP contribution in [0.4, 0.5) is 0 Å². The Morgan fingerprint density at radius 2 is 1.86 bits per heavy atom. The van der Waals surface area contributed by atoms with Crippen molar-refractivity contribution >= 4 is 39.5 Å². The lowest BCUT2D eigenvalue weighted by Crippen LogP contribution is -2.28. The van der Waals surface area contributed by atoms with E-state index in [2.05, 4.69) is 31.8 Å². The highest BCUT2D eigenvalue weighted by Gasteiger charge is 1.97. The van der Waals surface area contributed by atoms with Crippen molar-refractivity contribution in [1.29, 1.82) is 0 Å². The maximum Gasteiger partial charge on any atom is 0.186 e. The Morgan fingerprint density at radius 1 is 1.18 bits per heavy atom. The molecular formula is C16H16BrN3OS. The molecule has 0 saturated heterocycles. The van der Waals surface area contributed by atoms with Crippen LogP contribution in [0.25, 0.3) is 0 Å². The van der Waals surface area contributed by atoms with E-state index in [4.69, 9.17) is 17.0 Å². The summed E-state index contributed by atoms with van der Waals surface area (Å²) in [6, 6.07) is 15.8. The van der Waals surface area contributed by atoms with Gasteiger partial charge in [-0.3, -0.25) is 5.43 Å². The Balaban J connectivity index is 1.86. The third-order valence-corrected chi connectivity index (χ3v) is 3.63. The predicted molar refractivity (Wildman–Crippen MR) is 97.3 cm³/mol. The fourth-order valence-electron chi connectivity index (χ4n) is 1.62. The number of hydrazone groups is 1. The van der Waals surface area contributed by atoms with Crippen molar-refractivity contribution in [3.8, 4) is 5.75 Å². The number of benzene rings is 2. The average Bonchev–Trinajstić information content (AvgIpc) is 2.55. The lowest BCUT2D eigenvalue weighted by Gasteiger charge is -2.06. The molecule has 0 saturated carbocycles. The van der Waals surface area contributed by atoms with Crippen LogP contribution in [0.3, 0.4) is 0 Å². The molecule has 0 aliphatic rings. The summed E-state index contributed by atoms with van der Waals surface area (Å²) >= 11 is 8.33. The molecule has 0 amide bonds. The van der Waals surface area contributed by atoms with Gasteiger partial charge in [0.15, 0.2) is 5.11 Å². The molecule has 0 spiro atoms. The number of rotatable bonds is 5. The van der Waals surface area contributed by atoms with Gasteiger partial charge in [0.1, 0.15) is 12.4 Å². The third kappa shape index (κ3) is 5.46. The molecule has 0 aromatic heterocycles. The summed E-state index contributed by atoms with van der Waals surface area (Å²) in [6.07, 6.45) is 1.70. The summed E-state index contributed by atoms with van der Waals surface area (Å²) in [7, 11) is 1.74. The summed E-state index contributed by atoms with van der Waals surface area (Å²) in [5.41, 5.74) is 4.79. The van der Waals surface area contributed by atoms with E-state index in [1.54, 1.807) is 13.3 Å². The number of ether oxygens (including phenoxy) is 1. The minimum atomic E-state index is 0.478. The zero-order valence-electron chi connectivity index (χ0n) is 12.0. The lowest BCUT2D eigenvalue weighted by molar-refractivity contribution is 0.306. The van der Waals surface area contributed by atoms with E-state index in [1.807, 2.05) is 48.5 Å². The van der Waals surface area contributed by atoms with Gasteiger partial charge in [-0.2, -0.15) is 5.10 Å². The lowest BCUT2D eigenvalue weighted by atomic mass is 10.2. The summed E-state index contributed by atoms with van der Waals surface area (Å²) < 4.78 is 6.80. The highest BCUT2D eigenvalue weighted by molar-refractivity contribution is 9.10. The molecule has 0 radical (unpaired) electrons. The first-order chi connectivity index (χ1) is 10.7. The zero-order chi connectivity index (χ0) is 15.8. The van der Waals surface area contributed by atoms with Crippen LogP contribution in [0.5, 0.6) is 5.75 Å². The first kappa shape index (κ1) is 16.5. The Morgan fingerprint density at radius 3 is 2.50 bits per heavy atom. The molecule has 0 atom stereocenters. The van der Waals surface area contributed by atoms with Crippen molar-refractivity contribution in [2.45, 2.75) is 6.61 Å². The number of hydrogen-bond donors (Lipinski definition) is 2. The molecule has 114 valence electrons. The highest BCUT2D eigenvalue weighted by Crippen LogP contribution is 2.15. The van der Waals surface area contributed by atoms with Crippen LogP contribution in [0, 0.1) is 0 Å². The van der Waals surface area contributed by atoms with Gasteiger partial charge in [0.25, 0.3) is 0 Å². The summed E-state index contributed by atoms with van der Waals surface area (Å²) in [5.74, 6) is 0.818. The van der Waals surface area contributed by atoms with E-state index >= 15 is 0 Å². The van der Waals surface area contributed by atoms with Crippen LogP contribution in [-0.4, -0.2) is 18.4 Å². The van der Waals surface area contributed by atoms with E-state index < -0.39 is 0 Å². The Hall–Kier alpha value is -1.92. The van der Waals surface area contributed by atoms with Gasteiger partial charge >= 0.3 is 0 Å². The molecule has 6 heteroatoms. The number of hydrogen-bond acceptors (Lipinski definition) is 3.